The van der Waals surface area contributed by atoms with E-state index < -0.39 is 160 Å². The van der Waals surface area contributed by atoms with Crippen molar-refractivity contribution < 1.29 is 70.7 Å². The minimum absolute atomic E-state index is 0.0303. The molecule has 0 unspecified atom stereocenters. The number of amides is 12. The predicted octanol–water partition coefficient (Wildman–Crippen LogP) is 5.56. The van der Waals surface area contributed by atoms with E-state index in [0.29, 0.717) is 44.1 Å². The van der Waals surface area contributed by atoms with Crippen molar-refractivity contribution in [1.82, 2.24) is 60.0 Å². The van der Waals surface area contributed by atoms with Gasteiger partial charge in [-0.25, -0.2) is 0 Å². The number of halogens is 4. The Balaban J connectivity index is 1.27. The van der Waals surface area contributed by atoms with Gasteiger partial charge in [-0.15, -0.1) is 11.8 Å². The Hall–Kier alpha value is -7.49. The molecule has 3 N–H and O–H groups in total. The van der Waals surface area contributed by atoms with Crippen molar-refractivity contribution in [2.45, 2.75) is 210 Å². The van der Waals surface area contributed by atoms with Crippen LogP contribution in [0.3, 0.4) is 0 Å². The molecule has 29 heteroatoms. The molecule has 10 atom stereocenters. The molecule has 3 heterocycles. The van der Waals surface area contributed by atoms with Gasteiger partial charge in [0.15, 0.2) is 0 Å². The zero-order valence-corrected chi connectivity index (χ0v) is 63.2. The van der Waals surface area contributed by atoms with Crippen molar-refractivity contribution in [2.75, 3.05) is 87.5 Å². The standard InChI is InChI=1S/C73H106ClF3N12O12S/c1-15-45(5)60-69(99)83(10)46(6)64(94)89-36-32-54(89)68(98)85(12)56(39-48-26-24-44(4)25-27-48)67(97)82(9)40-58(90)78-52(31-29-47-28-30-50(51(74)38-47)73(75,76)77)65(95)88-35-20-23-53(88)63(93)80-72(33-18-19-34-72)71(101)87(14)61(49-21-16-17-22-49)70(100)86(13)57(66(96)81(7)8)41-102-42-59(91)84(11)55(37-43(2)3)62(92)79-60/h24-28,30,38,43,45-46,49,52-57,60-61H,15-23,29,31-37,39-42H2,1-14H3,(H,78,90)(H,79,92)(H,80,93)/t45-,46-,52-,53-,54-,55-,56-,57-,60-,61-/m0/s1. The van der Waals surface area contributed by atoms with Crippen LogP contribution in [0.1, 0.15) is 147 Å². The first-order chi connectivity index (χ1) is 47.9. The number of benzene rings is 2. The third-order valence-electron chi connectivity index (χ3n) is 21.6. The highest BCUT2D eigenvalue weighted by molar-refractivity contribution is 8.00. The second kappa shape index (κ2) is 35.3. The highest BCUT2D eigenvalue weighted by atomic mass is 35.5. The quantitative estimate of drug-likeness (QED) is 0.249. The maximum absolute atomic E-state index is 15.5. The lowest BCUT2D eigenvalue weighted by Gasteiger charge is -2.45. The molecule has 7 rings (SSSR count). The second-order valence-electron chi connectivity index (χ2n) is 29.4. The summed E-state index contributed by atoms with van der Waals surface area (Å²) in [6, 6.07) is -0.250. The zero-order valence-electron chi connectivity index (χ0n) is 61.7. The van der Waals surface area contributed by atoms with Crippen LogP contribution in [0.2, 0.25) is 5.02 Å². The lowest BCUT2D eigenvalue weighted by atomic mass is 9.90. The summed E-state index contributed by atoms with van der Waals surface area (Å²) in [7, 11) is 11.8. The molecular formula is C73H106ClF3N12O12S. The Morgan fingerprint density at radius 1 is 0.686 bits per heavy atom. The summed E-state index contributed by atoms with van der Waals surface area (Å²) in [5.74, 6) is -8.56. The topological polar surface area (TPSA) is 270 Å². The van der Waals surface area contributed by atoms with E-state index in [2.05, 4.69) is 16.0 Å². The number of carbonyl (C=O) groups is 12. The van der Waals surface area contributed by atoms with E-state index in [1.54, 1.807) is 33.2 Å². The first-order valence-electron chi connectivity index (χ1n) is 35.8. The number of nitrogens with zero attached hydrogens (tertiary/aromatic N) is 9. The normalized spacial score (nSPS) is 26.6. The van der Waals surface area contributed by atoms with E-state index in [-0.39, 0.29) is 93.4 Å². The van der Waals surface area contributed by atoms with E-state index in [9.17, 15) is 46.7 Å². The SMILES string of the molecule is CC[C@H](C)[C@@H]1NC(=O)[C@H](CC(C)C)N(C)C(=O)CSC[C@@H](C(=O)N(C)C)N(C)C(=O)[C@H](C2CCCC2)N(C)C(=O)C2(CCCC2)NC(=O)[C@@H]2CCCN2C(=O)[C@H](CCc2ccc(C(F)(F)F)c(Cl)c2)NC(=O)CN(C)C(=O)[C@H](Cc2ccc(C)cc2)N(C)C(=O)[C@@H]2CCN2C(=O)[C@H](C)N(C)C1=O. The lowest BCUT2D eigenvalue weighted by Crippen LogP contribution is -2.65. The first-order valence-corrected chi connectivity index (χ1v) is 37.3. The molecule has 2 aromatic rings. The summed E-state index contributed by atoms with van der Waals surface area (Å²) in [5, 5.41) is 8.16. The van der Waals surface area contributed by atoms with Gasteiger partial charge in [-0.1, -0.05) is 107 Å². The predicted molar refractivity (Wildman–Crippen MR) is 381 cm³/mol. The molecule has 102 heavy (non-hydrogen) atoms. The molecule has 0 aromatic heterocycles. The van der Waals surface area contributed by atoms with Gasteiger partial charge in [-0.3, -0.25) is 57.5 Å². The molecule has 2 aromatic carbocycles. The number of thioether (sulfide) groups is 1. The molecule has 3 aliphatic heterocycles. The molecule has 5 fully saturated rings. The summed E-state index contributed by atoms with van der Waals surface area (Å²) in [5.41, 5.74) is -0.763. The lowest BCUT2D eigenvalue weighted by molar-refractivity contribution is -0.160. The van der Waals surface area contributed by atoms with Crippen LogP contribution in [-0.4, -0.2) is 262 Å². The Morgan fingerprint density at radius 2 is 1.31 bits per heavy atom. The van der Waals surface area contributed by atoms with Crippen molar-refractivity contribution in [3.05, 3.63) is 69.7 Å². The number of fused-ring (bicyclic) bond motifs is 2. The van der Waals surface area contributed by atoms with Gasteiger partial charge in [0.1, 0.15) is 59.9 Å². The summed E-state index contributed by atoms with van der Waals surface area (Å²) >= 11 is 7.24. The smallest absolute Gasteiger partial charge is 0.347 e. The average Bonchev–Trinajstić information content (AvgIpc) is 1.45. The maximum atomic E-state index is 15.5. The van der Waals surface area contributed by atoms with Crippen LogP contribution in [0.4, 0.5) is 13.2 Å². The summed E-state index contributed by atoms with van der Waals surface area (Å²) in [6.07, 6.45) is 0.276. The fourth-order valence-electron chi connectivity index (χ4n) is 14.7. The molecule has 0 radical (unpaired) electrons. The number of carbonyl (C=O) groups excluding carboxylic acids is 12. The largest absolute Gasteiger partial charge is 0.417 e. The Kier molecular flexibility index (Phi) is 28.3. The van der Waals surface area contributed by atoms with Gasteiger partial charge in [0.25, 0.3) is 0 Å². The third kappa shape index (κ3) is 19.3. The van der Waals surface area contributed by atoms with Gasteiger partial charge in [-0.05, 0) is 119 Å². The van der Waals surface area contributed by atoms with E-state index >= 15 is 24.0 Å². The third-order valence-corrected chi connectivity index (χ3v) is 22.9. The van der Waals surface area contributed by atoms with Gasteiger partial charge in [-0.2, -0.15) is 13.2 Å². The minimum atomic E-state index is -4.77. The first kappa shape index (κ1) is 81.8. The van der Waals surface area contributed by atoms with Gasteiger partial charge >= 0.3 is 6.18 Å². The monoisotopic (exact) mass is 1470 g/mol. The van der Waals surface area contributed by atoms with Crippen LogP contribution in [0.15, 0.2) is 42.5 Å². The van der Waals surface area contributed by atoms with Gasteiger partial charge < -0.3 is 60.0 Å². The Morgan fingerprint density at radius 3 is 1.89 bits per heavy atom. The molecule has 564 valence electrons. The molecule has 0 bridgehead atoms. The highest BCUT2D eigenvalue weighted by Gasteiger charge is 2.52. The fraction of sp³-hybridized carbons (Fsp3) is 0.671. The molecule has 12 amide bonds. The number of rotatable bonds is 11. The molecule has 2 aliphatic carbocycles. The van der Waals surface area contributed by atoms with Crippen molar-refractivity contribution in [2.24, 2.45) is 17.8 Å². The van der Waals surface area contributed by atoms with Crippen LogP contribution >= 0.6 is 23.4 Å². The van der Waals surface area contributed by atoms with Crippen molar-refractivity contribution >= 4 is 94.2 Å². The Bertz CT molecular complexity index is 3410. The summed E-state index contributed by atoms with van der Waals surface area (Å²) in [6.45, 7) is 10.3. The van der Waals surface area contributed by atoms with Crippen LogP contribution in [0.25, 0.3) is 0 Å². The van der Waals surface area contributed by atoms with E-state index in [0.717, 1.165) is 47.2 Å². The maximum Gasteiger partial charge on any atom is 0.417 e. The van der Waals surface area contributed by atoms with Gasteiger partial charge in [0.05, 0.1) is 22.9 Å². The molecule has 3 saturated heterocycles. The minimum Gasteiger partial charge on any atom is -0.347 e. The molecule has 1 spiro atoms. The van der Waals surface area contributed by atoms with Gasteiger partial charge in [0.2, 0.25) is 70.9 Å². The van der Waals surface area contributed by atoms with Gasteiger partial charge in [0, 0.05) is 81.6 Å². The number of alkyl halides is 3. The van der Waals surface area contributed by atoms with Crippen LogP contribution in [0, 0.1) is 24.7 Å². The number of likely N-dealkylation sites (N-methyl/N-ethyl adjacent to an activating group) is 7. The van der Waals surface area contributed by atoms with Crippen molar-refractivity contribution in [1.29, 1.82) is 0 Å². The fourth-order valence-corrected chi connectivity index (χ4v) is 16.1. The van der Waals surface area contributed by atoms with E-state index in [1.807, 2.05) is 39.8 Å². The molecular weight excluding hydrogens is 1360 g/mol. The average molecular weight is 1470 g/mol. The number of aryl methyl sites for hydroxylation is 2. The molecule has 5 aliphatic rings. The van der Waals surface area contributed by atoms with Crippen molar-refractivity contribution in [3.8, 4) is 0 Å². The zero-order chi connectivity index (χ0) is 75.6. The second-order valence-corrected chi connectivity index (χ2v) is 30.8. The number of hydrogen-bond donors (Lipinski definition) is 3. The van der Waals surface area contributed by atoms with Crippen LogP contribution in [0.5, 0.6) is 0 Å². The van der Waals surface area contributed by atoms with E-state index in [1.165, 1.54) is 94.5 Å². The van der Waals surface area contributed by atoms with Crippen LogP contribution < -0.4 is 16.0 Å². The van der Waals surface area contributed by atoms with Crippen molar-refractivity contribution in [3.63, 3.8) is 0 Å². The van der Waals surface area contributed by atoms with E-state index in [4.69, 9.17) is 11.6 Å². The van der Waals surface area contributed by atoms with Crippen LogP contribution in [-0.2, 0) is 76.6 Å². The number of hydrogen-bond acceptors (Lipinski definition) is 13. The summed E-state index contributed by atoms with van der Waals surface area (Å²) in [4.78, 5) is 190. The molecule has 2 saturated carbocycles. The number of nitrogens with one attached hydrogen (secondary N) is 3. The Labute approximate surface area is 607 Å². The highest BCUT2D eigenvalue weighted by Crippen LogP contribution is 2.39. The molecule has 24 nitrogen and oxygen atoms in total. The summed E-state index contributed by atoms with van der Waals surface area (Å²) < 4.78 is 41.7.